The molecule has 0 aliphatic carbocycles. The van der Waals surface area contributed by atoms with Crippen LogP contribution in [0.15, 0.2) is 24.3 Å². The lowest BCUT2D eigenvalue weighted by Crippen LogP contribution is -2.38. The number of hydrogen-bond donors (Lipinski definition) is 2. The first-order chi connectivity index (χ1) is 8.70. The SMILES string of the molecule is NCC1CCCN(c2ccccc2CC(=O)O)C1. The highest BCUT2D eigenvalue weighted by Gasteiger charge is 2.21. The van der Waals surface area contributed by atoms with Gasteiger partial charge in [-0.15, -0.1) is 0 Å². The quantitative estimate of drug-likeness (QED) is 0.847. The predicted octanol–water partition coefficient (Wildman–Crippen LogP) is 1.49. The molecule has 3 N–H and O–H groups in total. The predicted molar refractivity (Wildman–Crippen MR) is 71.8 cm³/mol. The molecule has 1 aromatic rings. The summed E-state index contributed by atoms with van der Waals surface area (Å²) in [5.74, 6) is -0.258. The average Bonchev–Trinajstić information content (AvgIpc) is 2.39. The van der Waals surface area contributed by atoms with Gasteiger partial charge in [-0.1, -0.05) is 18.2 Å². The van der Waals surface area contributed by atoms with E-state index in [4.69, 9.17) is 10.8 Å². The molecule has 2 rings (SSSR count). The van der Waals surface area contributed by atoms with E-state index in [0.29, 0.717) is 12.5 Å². The summed E-state index contributed by atoms with van der Waals surface area (Å²) < 4.78 is 0. The standard InChI is InChI=1S/C14H20N2O2/c15-9-11-4-3-7-16(10-11)13-6-2-1-5-12(13)8-14(17)18/h1-2,5-6,11H,3-4,7-10,15H2,(H,17,18). The fraction of sp³-hybridized carbons (Fsp3) is 0.500. The monoisotopic (exact) mass is 248 g/mol. The maximum Gasteiger partial charge on any atom is 0.307 e. The Bertz CT molecular complexity index is 420. The van der Waals surface area contributed by atoms with Gasteiger partial charge in [-0.05, 0) is 36.9 Å². The maximum atomic E-state index is 10.9. The number of aliphatic carboxylic acids is 1. The number of hydrogen-bond acceptors (Lipinski definition) is 3. The molecule has 0 bridgehead atoms. The summed E-state index contributed by atoms with van der Waals surface area (Å²) in [7, 11) is 0. The van der Waals surface area contributed by atoms with Crippen LogP contribution in [-0.4, -0.2) is 30.7 Å². The Hall–Kier alpha value is -1.55. The van der Waals surface area contributed by atoms with Crippen molar-refractivity contribution in [2.75, 3.05) is 24.5 Å². The van der Waals surface area contributed by atoms with Crippen molar-refractivity contribution in [2.45, 2.75) is 19.3 Å². The highest BCUT2D eigenvalue weighted by molar-refractivity contribution is 5.73. The van der Waals surface area contributed by atoms with Gasteiger partial charge in [0.05, 0.1) is 6.42 Å². The normalized spacial score (nSPS) is 19.8. The van der Waals surface area contributed by atoms with Crippen molar-refractivity contribution in [1.29, 1.82) is 0 Å². The lowest BCUT2D eigenvalue weighted by atomic mass is 9.96. The Balaban J connectivity index is 2.18. The van der Waals surface area contributed by atoms with Gasteiger partial charge in [-0.2, -0.15) is 0 Å². The van der Waals surface area contributed by atoms with Crippen LogP contribution in [0.3, 0.4) is 0 Å². The van der Waals surface area contributed by atoms with E-state index < -0.39 is 5.97 Å². The summed E-state index contributed by atoms with van der Waals surface area (Å²) >= 11 is 0. The van der Waals surface area contributed by atoms with Crippen LogP contribution in [0.2, 0.25) is 0 Å². The molecule has 1 aromatic carbocycles. The van der Waals surface area contributed by atoms with E-state index in [1.165, 1.54) is 6.42 Å². The molecule has 4 nitrogen and oxygen atoms in total. The summed E-state index contributed by atoms with van der Waals surface area (Å²) in [6, 6.07) is 7.77. The lowest BCUT2D eigenvalue weighted by molar-refractivity contribution is -0.136. The first kappa shape index (κ1) is 12.9. The second-order valence-electron chi connectivity index (χ2n) is 4.89. The molecule has 0 aromatic heterocycles. The number of benzene rings is 1. The first-order valence-corrected chi connectivity index (χ1v) is 6.45. The van der Waals surface area contributed by atoms with Gasteiger partial charge in [-0.25, -0.2) is 0 Å². The smallest absolute Gasteiger partial charge is 0.307 e. The van der Waals surface area contributed by atoms with E-state index in [2.05, 4.69) is 4.90 Å². The molecule has 1 atom stereocenters. The van der Waals surface area contributed by atoms with E-state index in [1.54, 1.807) is 0 Å². The molecule has 0 spiro atoms. The Morgan fingerprint density at radius 1 is 1.44 bits per heavy atom. The number of rotatable bonds is 4. The topological polar surface area (TPSA) is 66.6 Å². The zero-order chi connectivity index (χ0) is 13.0. The number of nitrogens with zero attached hydrogens (tertiary/aromatic N) is 1. The number of anilines is 1. The molecule has 1 unspecified atom stereocenters. The van der Waals surface area contributed by atoms with Gasteiger partial charge < -0.3 is 15.7 Å². The van der Waals surface area contributed by atoms with Gasteiger partial charge in [0.1, 0.15) is 0 Å². The van der Waals surface area contributed by atoms with Crippen molar-refractivity contribution in [3.05, 3.63) is 29.8 Å². The van der Waals surface area contributed by atoms with Crippen LogP contribution in [0.5, 0.6) is 0 Å². The molecule has 18 heavy (non-hydrogen) atoms. The molecule has 0 saturated carbocycles. The van der Waals surface area contributed by atoms with Crippen LogP contribution in [0.25, 0.3) is 0 Å². The fourth-order valence-electron chi connectivity index (χ4n) is 2.61. The van der Waals surface area contributed by atoms with Crippen LogP contribution in [0, 0.1) is 5.92 Å². The van der Waals surface area contributed by atoms with Crippen molar-refractivity contribution < 1.29 is 9.90 Å². The Kier molecular flexibility index (Phi) is 4.20. The number of carbonyl (C=O) groups is 1. The molecule has 98 valence electrons. The fourth-order valence-corrected chi connectivity index (χ4v) is 2.61. The zero-order valence-electron chi connectivity index (χ0n) is 10.5. The molecule has 1 aliphatic heterocycles. The number of carboxylic acids is 1. The number of para-hydroxylation sites is 1. The van der Waals surface area contributed by atoms with Crippen LogP contribution in [0.1, 0.15) is 18.4 Å². The van der Waals surface area contributed by atoms with Crippen LogP contribution in [0.4, 0.5) is 5.69 Å². The Morgan fingerprint density at radius 3 is 2.94 bits per heavy atom. The minimum absolute atomic E-state index is 0.0833. The molecule has 1 fully saturated rings. The minimum Gasteiger partial charge on any atom is -0.481 e. The summed E-state index contributed by atoms with van der Waals surface area (Å²) in [5, 5.41) is 8.95. The van der Waals surface area contributed by atoms with Crippen LogP contribution in [-0.2, 0) is 11.2 Å². The summed E-state index contributed by atoms with van der Waals surface area (Å²) in [6.45, 7) is 2.64. The van der Waals surface area contributed by atoms with Crippen molar-refractivity contribution in [2.24, 2.45) is 11.7 Å². The Labute approximate surface area is 107 Å². The van der Waals surface area contributed by atoms with E-state index in [0.717, 1.165) is 30.8 Å². The summed E-state index contributed by atoms with van der Waals surface area (Å²) in [5.41, 5.74) is 7.69. The third-order valence-corrected chi connectivity index (χ3v) is 3.53. The highest BCUT2D eigenvalue weighted by atomic mass is 16.4. The van der Waals surface area contributed by atoms with E-state index >= 15 is 0 Å². The van der Waals surface area contributed by atoms with Crippen molar-refractivity contribution in [1.82, 2.24) is 0 Å². The van der Waals surface area contributed by atoms with E-state index in [-0.39, 0.29) is 6.42 Å². The largest absolute Gasteiger partial charge is 0.481 e. The second-order valence-corrected chi connectivity index (χ2v) is 4.89. The molecular formula is C14H20N2O2. The molecular weight excluding hydrogens is 228 g/mol. The molecule has 1 heterocycles. The lowest BCUT2D eigenvalue weighted by Gasteiger charge is -2.35. The van der Waals surface area contributed by atoms with Crippen molar-refractivity contribution in [3.63, 3.8) is 0 Å². The number of piperidine rings is 1. The second kappa shape index (κ2) is 5.87. The first-order valence-electron chi connectivity index (χ1n) is 6.45. The molecule has 1 aliphatic rings. The van der Waals surface area contributed by atoms with Gasteiger partial charge in [0.2, 0.25) is 0 Å². The van der Waals surface area contributed by atoms with Crippen LogP contribution < -0.4 is 10.6 Å². The van der Waals surface area contributed by atoms with Gasteiger partial charge >= 0.3 is 5.97 Å². The van der Waals surface area contributed by atoms with Gasteiger partial charge in [0.25, 0.3) is 0 Å². The van der Waals surface area contributed by atoms with Crippen LogP contribution >= 0.6 is 0 Å². The molecule has 0 amide bonds. The highest BCUT2D eigenvalue weighted by Crippen LogP contribution is 2.26. The number of nitrogens with two attached hydrogens (primary N) is 1. The zero-order valence-corrected chi connectivity index (χ0v) is 10.5. The molecule has 0 radical (unpaired) electrons. The maximum absolute atomic E-state index is 10.9. The minimum atomic E-state index is -0.783. The number of carboxylic acid groups (broad SMARTS) is 1. The van der Waals surface area contributed by atoms with E-state index in [9.17, 15) is 4.79 Å². The van der Waals surface area contributed by atoms with Crippen molar-refractivity contribution in [3.8, 4) is 0 Å². The molecule has 4 heteroatoms. The summed E-state index contributed by atoms with van der Waals surface area (Å²) in [4.78, 5) is 13.2. The van der Waals surface area contributed by atoms with Gasteiger partial charge in [0.15, 0.2) is 0 Å². The summed E-state index contributed by atoms with van der Waals surface area (Å²) in [6.07, 6.45) is 2.39. The molecule has 1 saturated heterocycles. The third-order valence-electron chi connectivity index (χ3n) is 3.53. The van der Waals surface area contributed by atoms with Gasteiger partial charge in [0, 0.05) is 18.8 Å². The Morgan fingerprint density at radius 2 is 2.22 bits per heavy atom. The average molecular weight is 248 g/mol. The van der Waals surface area contributed by atoms with E-state index in [1.807, 2.05) is 24.3 Å². The van der Waals surface area contributed by atoms with Gasteiger partial charge in [-0.3, -0.25) is 4.79 Å². The van der Waals surface area contributed by atoms with Crippen molar-refractivity contribution >= 4 is 11.7 Å². The third kappa shape index (κ3) is 3.01.